The fourth-order valence-corrected chi connectivity index (χ4v) is 1.99. The highest BCUT2D eigenvalue weighted by Crippen LogP contribution is 2.10. The van der Waals surface area contributed by atoms with Crippen molar-refractivity contribution in [2.45, 2.75) is 33.4 Å². The highest BCUT2D eigenvalue weighted by molar-refractivity contribution is 5.92. The molecule has 0 fully saturated rings. The Hall–Kier alpha value is -2.10. The maximum absolute atomic E-state index is 12.0. The van der Waals surface area contributed by atoms with E-state index in [1.807, 2.05) is 61.9 Å². The molecule has 0 radical (unpaired) electrons. The summed E-state index contributed by atoms with van der Waals surface area (Å²) in [7, 11) is 0. The Morgan fingerprint density at radius 2 is 2.00 bits per heavy atom. The fraction of sp³-hybridized carbons (Fsp3) is 0.333. The third-order valence-electron chi connectivity index (χ3n) is 2.94. The Morgan fingerprint density at radius 1 is 1.32 bits per heavy atom. The predicted octanol–water partition coefficient (Wildman–Crippen LogP) is 2.70. The van der Waals surface area contributed by atoms with Crippen molar-refractivity contribution in [2.24, 2.45) is 0 Å². The minimum Gasteiger partial charge on any atom is -0.347 e. The summed E-state index contributed by atoms with van der Waals surface area (Å²) in [4.78, 5) is 12.0. The minimum absolute atomic E-state index is 0.133. The van der Waals surface area contributed by atoms with E-state index in [-0.39, 0.29) is 11.9 Å². The van der Waals surface area contributed by atoms with Gasteiger partial charge in [0.05, 0.1) is 0 Å². The lowest BCUT2D eigenvalue weighted by Gasteiger charge is -2.07. The van der Waals surface area contributed by atoms with E-state index in [0.717, 1.165) is 11.3 Å². The van der Waals surface area contributed by atoms with Crippen molar-refractivity contribution in [1.29, 1.82) is 0 Å². The molecule has 0 aliphatic carbocycles. The molecule has 19 heavy (non-hydrogen) atoms. The van der Waals surface area contributed by atoms with Gasteiger partial charge in [-0.15, -0.1) is 0 Å². The molecule has 0 aliphatic rings. The molecule has 0 aliphatic heterocycles. The van der Waals surface area contributed by atoms with Crippen LogP contribution >= 0.6 is 0 Å². The third-order valence-corrected chi connectivity index (χ3v) is 2.94. The highest BCUT2D eigenvalue weighted by Gasteiger charge is 2.13. The van der Waals surface area contributed by atoms with Crippen LogP contribution in [0.5, 0.6) is 0 Å². The van der Waals surface area contributed by atoms with E-state index in [1.165, 1.54) is 0 Å². The van der Waals surface area contributed by atoms with Crippen LogP contribution in [0.3, 0.4) is 0 Å². The van der Waals surface area contributed by atoms with Crippen molar-refractivity contribution in [3.63, 3.8) is 0 Å². The summed E-state index contributed by atoms with van der Waals surface area (Å²) in [5, 5.41) is 7.21. The van der Waals surface area contributed by atoms with Gasteiger partial charge in [0.15, 0.2) is 0 Å². The second-order valence-corrected chi connectivity index (χ2v) is 4.88. The van der Waals surface area contributed by atoms with Crippen LogP contribution in [0.15, 0.2) is 36.4 Å². The molecule has 100 valence electrons. The Bertz CT molecular complexity index is 558. The number of amides is 1. The van der Waals surface area contributed by atoms with Gasteiger partial charge in [-0.05, 0) is 32.4 Å². The smallest absolute Gasteiger partial charge is 0.272 e. The molecule has 0 bridgehead atoms. The summed E-state index contributed by atoms with van der Waals surface area (Å²) in [6.45, 7) is 6.57. The summed E-state index contributed by atoms with van der Waals surface area (Å²) >= 11 is 0. The first-order chi connectivity index (χ1) is 9.08. The molecule has 0 spiro atoms. The highest BCUT2D eigenvalue weighted by atomic mass is 16.1. The van der Waals surface area contributed by atoms with Gasteiger partial charge in [0.25, 0.3) is 5.91 Å². The molecule has 4 heteroatoms. The van der Waals surface area contributed by atoms with Crippen molar-refractivity contribution >= 4 is 5.91 Å². The largest absolute Gasteiger partial charge is 0.347 e. The average molecular weight is 257 g/mol. The Morgan fingerprint density at radius 3 is 2.58 bits per heavy atom. The number of carbonyl (C=O) groups is 1. The van der Waals surface area contributed by atoms with Crippen LogP contribution in [0.1, 0.15) is 41.6 Å². The molecule has 1 heterocycles. The molecular formula is C15H19N3O. The summed E-state index contributed by atoms with van der Waals surface area (Å²) in [6, 6.07) is 11.9. The Labute approximate surface area is 113 Å². The van der Waals surface area contributed by atoms with E-state index < -0.39 is 0 Å². The van der Waals surface area contributed by atoms with Crippen LogP contribution < -0.4 is 5.32 Å². The van der Waals surface area contributed by atoms with Gasteiger partial charge in [0.2, 0.25) is 0 Å². The van der Waals surface area contributed by atoms with Gasteiger partial charge in [-0.1, -0.05) is 30.3 Å². The van der Waals surface area contributed by atoms with Crippen molar-refractivity contribution in [1.82, 2.24) is 15.1 Å². The van der Waals surface area contributed by atoms with E-state index in [2.05, 4.69) is 10.4 Å². The number of benzene rings is 1. The van der Waals surface area contributed by atoms with Crippen LogP contribution in [0.25, 0.3) is 0 Å². The zero-order valence-electron chi connectivity index (χ0n) is 11.6. The molecule has 1 amide bonds. The van der Waals surface area contributed by atoms with Crippen LogP contribution in [0.4, 0.5) is 0 Å². The summed E-state index contributed by atoms with van der Waals surface area (Å²) in [5.74, 6) is -0.133. The number of hydrogen-bond donors (Lipinski definition) is 1. The zero-order chi connectivity index (χ0) is 13.8. The monoisotopic (exact) mass is 257 g/mol. The molecule has 1 N–H and O–H groups in total. The van der Waals surface area contributed by atoms with Crippen molar-refractivity contribution in [2.75, 3.05) is 0 Å². The lowest BCUT2D eigenvalue weighted by molar-refractivity contribution is 0.0945. The second kappa shape index (κ2) is 5.69. The molecule has 1 aromatic heterocycles. The number of aromatic nitrogens is 2. The molecular weight excluding hydrogens is 238 g/mol. The first-order valence-electron chi connectivity index (χ1n) is 6.46. The van der Waals surface area contributed by atoms with E-state index >= 15 is 0 Å². The first-order valence-corrected chi connectivity index (χ1v) is 6.46. The van der Waals surface area contributed by atoms with Crippen LogP contribution in [0, 0.1) is 6.92 Å². The molecule has 0 unspecified atom stereocenters. The van der Waals surface area contributed by atoms with E-state index in [1.54, 1.807) is 0 Å². The first kappa shape index (κ1) is 13.3. The predicted molar refractivity (Wildman–Crippen MR) is 75.0 cm³/mol. The maximum Gasteiger partial charge on any atom is 0.272 e. The van der Waals surface area contributed by atoms with Gasteiger partial charge in [0.1, 0.15) is 5.69 Å². The quantitative estimate of drug-likeness (QED) is 0.915. The number of nitrogens with one attached hydrogen (secondary N) is 1. The van der Waals surface area contributed by atoms with Crippen LogP contribution in [0.2, 0.25) is 0 Å². The number of carbonyl (C=O) groups excluding carboxylic acids is 1. The van der Waals surface area contributed by atoms with Gasteiger partial charge in [-0.25, -0.2) is 0 Å². The summed E-state index contributed by atoms with van der Waals surface area (Å²) in [6.07, 6.45) is 0. The maximum atomic E-state index is 12.0. The molecule has 0 saturated heterocycles. The standard InChI is InChI=1S/C15H19N3O/c1-11(2)18-12(3)9-14(17-18)15(19)16-10-13-7-5-4-6-8-13/h4-9,11H,10H2,1-3H3,(H,16,19). The zero-order valence-corrected chi connectivity index (χ0v) is 11.6. The van der Waals surface area contributed by atoms with Crippen molar-refractivity contribution in [3.8, 4) is 0 Å². The molecule has 4 nitrogen and oxygen atoms in total. The number of rotatable bonds is 4. The van der Waals surface area contributed by atoms with Gasteiger partial charge in [-0.3, -0.25) is 9.48 Å². The molecule has 2 rings (SSSR count). The van der Waals surface area contributed by atoms with E-state index in [0.29, 0.717) is 12.2 Å². The topological polar surface area (TPSA) is 46.9 Å². The fourth-order valence-electron chi connectivity index (χ4n) is 1.99. The number of hydrogen-bond acceptors (Lipinski definition) is 2. The second-order valence-electron chi connectivity index (χ2n) is 4.88. The molecule has 0 atom stereocenters. The average Bonchev–Trinajstić information content (AvgIpc) is 2.79. The number of aryl methyl sites for hydroxylation is 1. The van der Waals surface area contributed by atoms with Crippen LogP contribution in [-0.4, -0.2) is 15.7 Å². The van der Waals surface area contributed by atoms with Crippen LogP contribution in [-0.2, 0) is 6.54 Å². The lowest BCUT2D eigenvalue weighted by atomic mass is 10.2. The van der Waals surface area contributed by atoms with E-state index in [9.17, 15) is 4.79 Å². The SMILES string of the molecule is Cc1cc(C(=O)NCc2ccccc2)nn1C(C)C. The summed E-state index contributed by atoms with van der Waals surface area (Å²) < 4.78 is 1.86. The van der Waals surface area contributed by atoms with Gasteiger partial charge >= 0.3 is 0 Å². The third kappa shape index (κ3) is 3.22. The number of nitrogens with zero attached hydrogens (tertiary/aromatic N) is 2. The molecule has 2 aromatic rings. The van der Waals surface area contributed by atoms with Crippen molar-refractivity contribution < 1.29 is 4.79 Å². The van der Waals surface area contributed by atoms with Crippen molar-refractivity contribution in [3.05, 3.63) is 53.3 Å². The van der Waals surface area contributed by atoms with Gasteiger partial charge in [-0.2, -0.15) is 5.10 Å². The lowest BCUT2D eigenvalue weighted by Crippen LogP contribution is -2.23. The molecule has 1 aromatic carbocycles. The Kier molecular flexibility index (Phi) is 4.00. The molecule has 0 saturated carbocycles. The normalized spacial score (nSPS) is 10.7. The van der Waals surface area contributed by atoms with E-state index in [4.69, 9.17) is 0 Å². The Balaban J connectivity index is 2.02. The minimum atomic E-state index is -0.133. The van der Waals surface area contributed by atoms with Gasteiger partial charge in [0, 0.05) is 18.3 Å². The summed E-state index contributed by atoms with van der Waals surface area (Å²) in [5.41, 5.74) is 2.55. The van der Waals surface area contributed by atoms with Gasteiger partial charge < -0.3 is 5.32 Å².